The third-order valence-electron chi connectivity index (χ3n) is 4.08. The number of hydrogen-bond acceptors (Lipinski definition) is 5. The number of benzene rings is 1. The zero-order valence-corrected chi connectivity index (χ0v) is 14.4. The maximum Gasteiger partial charge on any atom is 0.178 e. The molecule has 0 aliphatic rings. The molecule has 3 aromatic rings. The monoisotopic (exact) mass is 337 g/mol. The SMILES string of the molecule is CCCCCC(O)c1cccc(OCc2cnc3ncccc3n2)c1. The quantitative estimate of drug-likeness (QED) is 0.623. The van der Waals surface area contributed by atoms with Crippen LogP contribution in [0.1, 0.15) is 50.0 Å². The Kier molecular flexibility index (Phi) is 5.90. The van der Waals surface area contributed by atoms with E-state index >= 15 is 0 Å². The van der Waals surface area contributed by atoms with Crippen molar-refractivity contribution in [2.24, 2.45) is 0 Å². The van der Waals surface area contributed by atoms with Crippen LogP contribution in [-0.4, -0.2) is 20.1 Å². The van der Waals surface area contributed by atoms with Crippen LogP contribution in [0, 0.1) is 0 Å². The van der Waals surface area contributed by atoms with Crippen molar-refractivity contribution in [3.63, 3.8) is 0 Å². The zero-order chi connectivity index (χ0) is 17.5. The fraction of sp³-hybridized carbons (Fsp3) is 0.350. The Balaban J connectivity index is 1.63. The van der Waals surface area contributed by atoms with Crippen LogP contribution in [0.3, 0.4) is 0 Å². The largest absolute Gasteiger partial charge is 0.487 e. The molecule has 0 saturated carbocycles. The summed E-state index contributed by atoms with van der Waals surface area (Å²) in [5, 5.41) is 10.3. The highest BCUT2D eigenvalue weighted by atomic mass is 16.5. The molecule has 1 unspecified atom stereocenters. The van der Waals surface area contributed by atoms with E-state index in [0.717, 1.165) is 48.2 Å². The molecule has 0 spiro atoms. The number of aliphatic hydroxyl groups excluding tert-OH is 1. The summed E-state index contributed by atoms with van der Waals surface area (Å²) in [7, 11) is 0. The summed E-state index contributed by atoms with van der Waals surface area (Å²) in [5.74, 6) is 0.722. The van der Waals surface area contributed by atoms with E-state index in [1.807, 2.05) is 36.4 Å². The lowest BCUT2D eigenvalue weighted by atomic mass is 10.0. The smallest absolute Gasteiger partial charge is 0.178 e. The molecule has 1 atom stereocenters. The lowest BCUT2D eigenvalue weighted by Gasteiger charge is -2.13. The molecule has 0 radical (unpaired) electrons. The first kappa shape index (κ1) is 17.3. The van der Waals surface area contributed by atoms with Crippen LogP contribution < -0.4 is 4.74 Å². The van der Waals surface area contributed by atoms with Gasteiger partial charge in [-0.1, -0.05) is 38.3 Å². The Hall–Kier alpha value is -2.53. The summed E-state index contributed by atoms with van der Waals surface area (Å²) < 4.78 is 5.82. The van der Waals surface area contributed by atoms with Crippen LogP contribution in [0.15, 0.2) is 48.8 Å². The van der Waals surface area contributed by atoms with Crippen LogP contribution in [0.5, 0.6) is 5.75 Å². The van der Waals surface area contributed by atoms with Crippen LogP contribution in [0.25, 0.3) is 11.2 Å². The lowest BCUT2D eigenvalue weighted by Crippen LogP contribution is -2.02. The first-order valence-electron chi connectivity index (χ1n) is 8.73. The minimum atomic E-state index is -0.443. The number of ether oxygens (including phenoxy) is 1. The molecule has 0 amide bonds. The normalized spacial score (nSPS) is 12.2. The molecule has 0 aliphatic carbocycles. The molecule has 0 saturated heterocycles. The molecule has 5 nitrogen and oxygen atoms in total. The Morgan fingerprint density at radius 2 is 2.04 bits per heavy atom. The lowest BCUT2D eigenvalue weighted by molar-refractivity contribution is 0.163. The predicted octanol–water partition coefficient (Wildman–Crippen LogP) is 4.22. The Morgan fingerprint density at radius 1 is 1.12 bits per heavy atom. The number of pyridine rings is 1. The Bertz CT molecular complexity index is 823. The van der Waals surface area contributed by atoms with Crippen molar-refractivity contribution in [2.75, 3.05) is 0 Å². The molecule has 130 valence electrons. The van der Waals surface area contributed by atoms with E-state index in [-0.39, 0.29) is 0 Å². The molecule has 1 N–H and O–H groups in total. The minimum absolute atomic E-state index is 0.327. The standard InChI is InChI=1S/C20H23N3O2/c1-2-3-4-10-19(24)15-7-5-8-17(12-15)25-14-16-13-22-20-18(23-16)9-6-11-21-20/h5-9,11-13,19,24H,2-4,10,14H2,1H3. The fourth-order valence-corrected chi connectivity index (χ4v) is 2.69. The van der Waals surface area contributed by atoms with Crippen LogP contribution >= 0.6 is 0 Å². The summed E-state index contributed by atoms with van der Waals surface area (Å²) >= 11 is 0. The number of aromatic nitrogens is 3. The van der Waals surface area contributed by atoms with E-state index in [2.05, 4.69) is 21.9 Å². The summed E-state index contributed by atoms with van der Waals surface area (Å²) in [6, 6.07) is 11.3. The van der Waals surface area contributed by atoms with Crippen LogP contribution in [-0.2, 0) is 6.61 Å². The van der Waals surface area contributed by atoms with E-state index < -0.39 is 6.10 Å². The highest BCUT2D eigenvalue weighted by Crippen LogP contribution is 2.24. The summed E-state index contributed by atoms with van der Waals surface area (Å²) in [6.45, 7) is 2.49. The van der Waals surface area contributed by atoms with Gasteiger partial charge in [-0.2, -0.15) is 0 Å². The van der Waals surface area contributed by atoms with Gasteiger partial charge in [-0.15, -0.1) is 0 Å². The second kappa shape index (κ2) is 8.53. The second-order valence-corrected chi connectivity index (χ2v) is 6.08. The molecule has 25 heavy (non-hydrogen) atoms. The minimum Gasteiger partial charge on any atom is -0.487 e. The molecular weight excluding hydrogens is 314 g/mol. The van der Waals surface area contributed by atoms with Crippen molar-refractivity contribution in [3.8, 4) is 5.75 Å². The maximum atomic E-state index is 10.3. The van der Waals surface area contributed by atoms with E-state index in [1.165, 1.54) is 0 Å². The molecule has 3 rings (SSSR count). The fourth-order valence-electron chi connectivity index (χ4n) is 2.69. The van der Waals surface area contributed by atoms with E-state index in [1.54, 1.807) is 12.4 Å². The highest BCUT2D eigenvalue weighted by molar-refractivity contribution is 5.68. The van der Waals surface area contributed by atoms with Gasteiger partial charge in [0.15, 0.2) is 5.65 Å². The predicted molar refractivity (Wildman–Crippen MR) is 97.2 cm³/mol. The van der Waals surface area contributed by atoms with Gasteiger partial charge in [0.2, 0.25) is 0 Å². The van der Waals surface area contributed by atoms with Gasteiger partial charge in [0.25, 0.3) is 0 Å². The van der Waals surface area contributed by atoms with Crippen molar-refractivity contribution in [1.29, 1.82) is 0 Å². The first-order valence-corrected chi connectivity index (χ1v) is 8.73. The molecular formula is C20H23N3O2. The van der Waals surface area contributed by atoms with Crippen LogP contribution in [0.2, 0.25) is 0 Å². The maximum absolute atomic E-state index is 10.3. The topological polar surface area (TPSA) is 68.1 Å². The molecule has 2 heterocycles. The third-order valence-corrected chi connectivity index (χ3v) is 4.08. The molecule has 0 bridgehead atoms. The highest BCUT2D eigenvalue weighted by Gasteiger charge is 2.08. The number of nitrogens with zero attached hydrogens (tertiary/aromatic N) is 3. The van der Waals surface area contributed by atoms with Crippen molar-refractivity contribution < 1.29 is 9.84 Å². The van der Waals surface area contributed by atoms with Gasteiger partial charge in [0, 0.05) is 6.20 Å². The second-order valence-electron chi connectivity index (χ2n) is 6.08. The van der Waals surface area contributed by atoms with Crippen molar-refractivity contribution in [3.05, 3.63) is 60.0 Å². The number of unbranched alkanes of at least 4 members (excludes halogenated alkanes) is 2. The van der Waals surface area contributed by atoms with Gasteiger partial charge in [-0.25, -0.2) is 15.0 Å². The Morgan fingerprint density at radius 3 is 2.92 bits per heavy atom. The molecule has 0 fully saturated rings. The number of fused-ring (bicyclic) bond motifs is 1. The van der Waals surface area contributed by atoms with Gasteiger partial charge in [0.05, 0.1) is 18.0 Å². The van der Waals surface area contributed by atoms with E-state index in [4.69, 9.17) is 4.74 Å². The van der Waals surface area contributed by atoms with Crippen molar-refractivity contribution in [1.82, 2.24) is 15.0 Å². The molecule has 5 heteroatoms. The third kappa shape index (κ3) is 4.73. The molecule has 0 aliphatic heterocycles. The summed E-state index contributed by atoms with van der Waals surface area (Å²) in [6.07, 6.45) is 7.04. The van der Waals surface area contributed by atoms with Gasteiger partial charge in [0.1, 0.15) is 17.9 Å². The van der Waals surface area contributed by atoms with Crippen molar-refractivity contribution in [2.45, 2.75) is 45.3 Å². The summed E-state index contributed by atoms with van der Waals surface area (Å²) in [5.41, 5.74) is 3.02. The molecule has 1 aromatic carbocycles. The zero-order valence-electron chi connectivity index (χ0n) is 14.4. The van der Waals surface area contributed by atoms with Gasteiger partial charge in [-0.3, -0.25) is 0 Å². The van der Waals surface area contributed by atoms with E-state index in [0.29, 0.717) is 12.3 Å². The average molecular weight is 337 g/mol. The van der Waals surface area contributed by atoms with Gasteiger partial charge in [-0.05, 0) is 36.2 Å². The summed E-state index contributed by atoms with van der Waals surface area (Å²) in [4.78, 5) is 12.9. The first-order chi connectivity index (χ1) is 12.3. The van der Waals surface area contributed by atoms with Gasteiger partial charge < -0.3 is 9.84 Å². The van der Waals surface area contributed by atoms with Gasteiger partial charge >= 0.3 is 0 Å². The number of aliphatic hydroxyl groups is 1. The number of hydrogen-bond donors (Lipinski definition) is 1. The van der Waals surface area contributed by atoms with Crippen molar-refractivity contribution >= 4 is 11.2 Å². The van der Waals surface area contributed by atoms with Crippen LogP contribution in [0.4, 0.5) is 0 Å². The number of rotatable bonds is 8. The Labute approximate surface area is 147 Å². The van der Waals surface area contributed by atoms with E-state index in [9.17, 15) is 5.11 Å². The average Bonchev–Trinajstić information content (AvgIpc) is 2.66. The molecule has 2 aromatic heterocycles.